The first-order valence-corrected chi connectivity index (χ1v) is 5.05. The van der Waals surface area contributed by atoms with Crippen molar-refractivity contribution >= 4 is 31.9 Å². The molecule has 5 heteroatoms. The highest BCUT2D eigenvalue weighted by atomic mass is 79.9. The maximum Gasteiger partial charge on any atom is 0.280 e. The van der Waals surface area contributed by atoms with Gasteiger partial charge in [-0.05, 0) is 33.6 Å². The Morgan fingerprint density at radius 2 is 2.08 bits per heavy atom. The van der Waals surface area contributed by atoms with E-state index in [1.165, 1.54) is 6.07 Å². The van der Waals surface area contributed by atoms with Gasteiger partial charge in [0.1, 0.15) is 10.3 Å². The number of rotatable bonds is 2. The van der Waals surface area contributed by atoms with E-state index >= 15 is 0 Å². The van der Waals surface area contributed by atoms with E-state index in [4.69, 9.17) is 0 Å². The summed E-state index contributed by atoms with van der Waals surface area (Å²) in [5.74, 6) is 0. The van der Waals surface area contributed by atoms with E-state index in [0.717, 1.165) is 5.56 Å². The van der Waals surface area contributed by atoms with Gasteiger partial charge in [0.05, 0.1) is 0 Å². The number of halogens is 4. The standard InChI is InChI=1S/C7H5Br2F2N/c8-3-4-1-5(7(10)11)12-6(9)2-4/h1-2,7H,3H2. The zero-order valence-electron chi connectivity index (χ0n) is 5.90. The van der Waals surface area contributed by atoms with Crippen LogP contribution < -0.4 is 0 Å². The molecule has 1 nitrogen and oxygen atoms in total. The van der Waals surface area contributed by atoms with Crippen molar-refractivity contribution in [2.75, 3.05) is 0 Å². The summed E-state index contributed by atoms with van der Waals surface area (Å²) < 4.78 is 24.8. The van der Waals surface area contributed by atoms with Crippen LogP contribution in [0.1, 0.15) is 17.7 Å². The van der Waals surface area contributed by atoms with Crippen LogP contribution in [0, 0.1) is 0 Å². The van der Waals surface area contributed by atoms with Crippen LogP contribution in [0.15, 0.2) is 16.7 Å². The van der Waals surface area contributed by atoms with Crippen molar-refractivity contribution in [3.63, 3.8) is 0 Å². The van der Waals surface area contributed by atoms with Crippen molar-refractivity contribution < 1.29 is 8.78 Å². The summed E-state index contributed by atoms with van der Waals surface area (Å²) in [5.41, 5.74) is 0.589. The Morgan fingerprint density at radius 3 is 2.58 bits per heavy atom. The molecule has 0 amide bonds. The molecule has 0 saturated heterocycles. The molecule has 0 aliphatic heterocycles. The van der Waals surface area contributed by atoms with Crippen molar-refractivity contribution in [1.29, 1.82) is 0 Å². The van der Waals surface area contributed by atoms with Crippen molar-refractivity contribution in [1.82, 2.24) is 4.98 Å². The highest BCUT2D eigenvalue weighted by Crippen LogP contribution is 2.21. The Hall–Kier alpha value is -0.0300. The van der Waals surface area contributed by atoms with Crippen molar-refractivity contribution in [3.8, 4) is 0 Å². The Bertz CT molecular complexity index is 278. The van der Waals surface area contributed by atoms with E-state index in [1.54, 1.807) is 6.07 Å². The predicted molar refractivity (Wildman–Crippen MR) is 49.5 cm³/mol. The average Bonchev–Trinajstić information content (AvgIpc) is 2.03. The highest BCUT2D eigenvalue weighted by molar-refractivity contribution is 9.10. The van der Waals surface area contributed by atoms with Gasteiger partial charge in [-0.1, -0.05) is 15.9 Å². The Balaban J connectivity index is 3.06. The largest absolute Gasteiger partial charge is 0.280 e. The van der Waals surface area contributed by atoms with Gasteiger partial charge in [-0.25, -0.2) is 13.8 Å². The first kappa shape index (κ1) is 10.1. The Kier molecular flexibility index (Phi) is 3.58. The molecule has 0 atom stereocenters. The van der Waals surface area contributed by atoms with E-state index in [2.05, 4.69) is 36.8 Å². The van der Waals surface area contributed by atoms with Crippen LogP contribution in [0.25, 0.3) is 0 Å². The van der Waals surface area contributed by atoms with Crippen LogP contribution in [-0.2, 0) is 5.33 Å². The third kappa shape index (κ3) is 2.48. The summed E-state index contributed by atoms with van der Waals surface area (Å²) in [7, 11) is 0. The van der Waals surface area contributed by atoms with Gasteiger partial charge in [-0.2, -0.15) is 0 Å². The van der Waals surface area contributed by atoms with Crippen LogP contribution in [0.5, 0.6) is 0 Å². The molecule has 0 aliphatic carbocycles. The minimum absolute atomic E-state index is 0.196. The molecule has 1 aromatic rings. The van der Waals surface area contributed by atoms with Crippen LogP contribution in [0.4, 0.5) is 8.78 Å². The van der Waals surface area contributed by atoms with Crippen LogP contribution in [0.2, 0.25) is 0 Å². The number of hydrogen-bond acceptors (Lipinski definition) is 1. The van der Waals surface area contributed by atoms with Crippen LogP contribution >= 0.6 is 31.9 Å². The van der Waals surface area contributed by atoms with Gasteiger partial charge >= 0.3 is 0 Å². The number of pyridine rings is 1. The first-order chi connectivity index (χ1) is 5.63. The molecule has 1 rings (SSSR count). The molecule has 0 saturated carbocycles. The molecule has 1 aromatic heterocycles. The number of hydrogen-bond donors (Lipinski definition) is 0. The first-order valence-electron chi connectivity index (χ1n) is 3.14. The number of aromatic nitrogens is 1. The van der Waals surface area contributed by atoms with E-state index < -0.39 is 6.43 Å². The average molecular weight is 301 g/mol. The van der Waals surface area contributed by atoms with Crippen molar-refractivity contribution in [2.45, 2.75) is 11.8 Å². The summed E-state index contributed by atoms with van der Waals surface area (Å²) >= 11 is 6.24. The molecule has 0 radical (unpaired) electrons. The van der Waals surface area contributed by atoms with Gasteiger partial charge < -0.3 is 0 Å². The maximum atomic E-state index is 12.2. The van der Waals surface area contributed by atoms with E-state index in [-0.39, 0.29) is 5.69 Å². The van der Waals surface area contributed by atoms with E-state index in [1.807, 2.05) is 0 Å². The molecular weight excluding hydrogens is 296 g/mol. The lowest BCUT2D eigenvalue weighted by Gasteiger charge is -2.02. The molecule has 0 aliphatic rings. The SMILES string of the molecule is FC(F)c1cc(CBr)cc(Br)n1. The maximum absolute atomic E-state index is 12.2. The Morgan fingerprint density at radius 1 is 1.42 bits per heavy atom. The molecule has 0 fully saturated rings. The van der Waals surface area contributed by atoms with Gasteiger partial charge in [0.25, 0.3) is 6.43 Å². The van der Waals surface area contributed by atoms with Crippen molar-refractivity contribution in [3.05, 3.63) is 28.0 Å². The summed E-state index contributed by atoms with van der Waals surface area (Å²) in [6.07, 6.45) is -2.51. The minimum Gasteiger partial charge on any atom is -0.240 e. The van der Waals surface area contributed by atoms with Gasteiger partial charge in [0.2, 0.25) is 0 Å². The number of nitrogens with zero attached hydrogens (tertiary/aromatic N) is 1. The molecule has 0 aromatic carbocycles. The minimum atomic E-state index is -2.51. The second-order valence-corrected chi connectivity index (χ2v) is 3.53. The lowest BCUT2D eigenvalue weighted by atomic mass is 10.2. The molecule has 0 bridgehead atoms. The third-order valence-electron chi connectivity index (χ3n) is 1.25. The smallest absolute Gasteiger partial charge is 0.240 e. The molecule has 66 valence electrons. The highest BCUT2D eigenvalue weighted by Gasteiger charge is 2.10. The summed E-state index contributed by atoms with van der Waals surface area (Å²) in [6.45, 7) is 0. The molecule has 0 spiro atoms. The number of alkyl halides is 3. The second-order valence-electron chi connectivity index (χ2n) is 2.16. The normalized spacial score (nSPS) is 10.8. The van der Waals surface area contributed by atoms with Gasteiger partial charge in [0, 0.05) is 5.33 Å². The quantitative estimate of drug-likeness (QED) is 0.600. The molecule has 0 N–H and O–H groups in total. The van der Waals surface area contributed by atoms with E-state index in [0.29, 0.717) is 9.93 Å². The fourth-order valence-electron chi connectivity index (χ4n) is 0.761. The molecule has 0 unspecified atom stereocenters. The van der Waals surface area contributed by atoms with E-state index in [9.17, 15) is 8.78 Å². The second kappa shape index (κ2) is 4.28. The fourth-order valence-corrected chi connectivity index (χ4v) is 1.58. The topological polar surface area (TPSA) is 12.9 Å². The van der Waals surface area contributed by atoms with Crippen molar-refractivity contribution in [2.24, 2.45) is 0 Å². The molecule has 12 heavy (non-hydrogen) atoms. The summed E-state index contributed by atoms with van der Waals surface area (Å²) in [5, 5.41) is 0.549. The lowest BCUT2D eigenvalue weighted by molar-refractivity contribution is 0.146. The van der Waals surface area contributed by atoms with Gasteiger partial charge in [-0.3, -0.25) is 0 Å². The Labute approximate surface area is 85.4 Å². The van der Waals surface area contributed by atoms with Gasteiger partial charge in [-0.15, -0.1) is 0 Å². The van der Waals surface area contributed by atoms with Crippen LogP contribution in [-0.4, -0.2) is 4.98 Å². The molecule has 1 heterocycles. The fraction of sp³-hybridized carbons (Fsp3) is 0.286. The monoisotopic (exact) mass is 299 g/mol. The summed E-state index contributed by atoms with van der Waals surface area (Å²) in [4.78, 5) is 3.63. The van der Waals surface area contributed by atoms with Gasteiger partial charge in [0.15, 0.2) is 0 Å². The lowest BCUT2D eigenvalue weighted by Crippen LogP contribution is -1.92. The predicted octanol–water partition coefficient (Wildman–Crippen LogP) is 3.68. The summed E-state index contributed by atoms with van der Waals surface area (Å²) in [6, 6.07) is 3.07. The third-order valence-corrected chi connectivity index (χ3v) is 2.31. The zero-order chi connectivity index (χ0) is 9.14. The zero-order valence-corrected chi connectivity index (χ0v) is 9.07. The van der Waals surface area contributed by atoms with Crippen LogP contribution in [0.3, 0.4) is 0 Å². The molecular formula is C7H5Br2F2N.